The number of nitrogens with zero attached hydrogens (tertiary/aromatic N) is 3. The Morgan fingerprint density at radius 2 is 2.20 bits per heavy atom. The molecule has 2 heterocycles. The zero-order chi connectivity index (χ0) is 14.4. The smallest absolute Gasteiger partial charge is 0.236 e. The predicted octanol–water partition coefficient (Wildman–Crippen LogP) is 2.70. The van der Waals surface area contributed by atoms with Crippen molar-refractivity contribution in [1.29, 1.82) is 0 Å². The summed E-state index contributed by atoms with van der Waals surface area (Å²) in [6.07, 6.45) is 2.38. The normalized spacial score (nSPS) is 14.6. The molecule has 1 aliphatic rings. The van der Waals surface area contributed by atoms with Gasteiger partial charge in [0.05, 0.1) is 5.75 Å². The Balaban J connectivity index is 1.72. The van der Waals surface area contributed by atoms with Gasteiger partial charge in [-0.1, -0.05) is 54.0 Å². The van der Waals surface area contributed by atoms with Crippen molar-refractivity contribution in [1.82, 2.24) is 15.1 Å². The van der Waals surface area contributed by atoms with E-state index in [1.807, 2.05) is 0 Å². The van der Waals surface area contributed by atoms with Gasteiger partial charge in [-0.3, -0.25) is 10.1 Å². The van der Waals surface area contributed by atoms with Gasteiger partial charge in [-0.05, 0) is 18.6 Å². The van der Waals surface area contributed by atoms with Crippen LogP contribution in [0.15, 0.2) is 4.34 Å². The zero-order valence-electron chi connectivity index (χ0n) is 11.1. The van der Waals surface area contributed by atoms with Crippen molar-refractivity contribution in [2.75, 3.05) is 29.9 Å². The van der Waals surface area contributed by atoms with E-state index in [1.165, 1.54) is 35.9 Å². The molecule has 1 fully saturated rings. The summed E-state index contributed by atoms with van der Waals surface area (Å²) in [5, 5.41) is 11.3. The molecule has 1 saturated heterocycles. The molecule has 5 nitrogen and oxygen atoms in total. The number of carbonyl (C=O) groups excluding carboxylic acids is 1. The van der Waals surface area contributed by atoms with Crippen LogP contribution < -0.4 is 5.32 Å². The van der Waals surface area contributed by atoms with Crippen molar-refractivity contribution in [2.45, 2.75) is 24.1 Å². The maximum atomic E-state index is 11.8. The lowest BCUT2D eigenvalue weighted by Crippen LogP contribution is -2.25. The van der Waals surface area contributed by atoms with Crippen LogP contribution in [0.25, 0.3) is 0 Å². The summed E-state index contributed by atoms with van der Waals surface area (Å²) in [4.78, 5) is 14.0. The molecule has 2 rings (SSSR count). The number of thiocarbonyl (C=S) groups is 1. The second-order valence-electron chi connectivity index (χ2n) is 4.10. The fourth-order valence-corrected chi connectivity index (χ4v) is 4.43. The van der Waals surface area contributed by atoms with E-state index in [9.17, 15) is 4.79 Å². The maximum Gasteiger partial charge on any atom is 0.236 e. The molecular weight excluding hydrogens is 332 g/mol. The number of nitrogens with one attached hydrogen (secondary N) is 1. The van der Waals surface area contributed by atoms with Crippen molar-refractivity contribution in [3.05, 3.63) is 0 Å². The highest BCUT2D eigenvalue weighted by atomic mass is 32.2. The first-order chi connectivity index (χ1) is 9.69. The van der Waals surface area contributed by atoms with Crippen molar-refractivity contribution in [3.63, 3.8) is 0 Å². The van der Waals surface area contributed by atoms with E-state index in [0.29, 0.717) is 10.9 Å². The SMILES string of the molecule is CCSc1nnc(NC(=O)CSC(=S)N2CCCC2)s1. The number of carbonyl (C=O) groups is 1. The molecule has 1 amide bonds. The van der Waals surface area contributed by atoms with Crippen LogP contribution in [-0.4, -0.2) is 49.9 Å². The molecule has 0 aromatic carbocycles. The highest BCUT2D eigenvalue weighted by Gasteiger charge is 2.16. The van der Waals surface area contributed by atoms with Gasteiger partial charge in [-0.25, -0.2) is 0 Å². The van der Waals surface area contributed by atoms with E-state index < -0.39 is 0 Å². The first kappa shape index (κ1) is 16.0. The third-order valence-corrected chi connectivity index (χ3v) is 5.99. The monoisotopic (exact) mass is 348 g/mol. The Labute approximate surface area is 136 Å². The van der Waals surface area contributed by atoms with Gasteiger partial charge in [-0.2, -0.15) is 0 Å². The van der Waals surface area contributed by atoms with Crippen LogP contribution in [0.1, 0.15) is 19.8 Å². The standard InChI is InChI=1S/C11H16N4OS4/c1-2-18-10-14-13-9(20-10)12-8(16)7-19-11(17)15-5-3-4-6-15/h2-7H2,1H3,(H,12,13,16). The number of anilines is 1. The minimum atomic E-state index is -0.0826. The maximum absolute atomic E-state index is 11.8. The molecule has 9 heteroatoms. The largest absolute Gasteiger partial charge is 0.358 e. The summed E-state index contributed by atoms with van der Waals surface area (Å²) in [7, 11) is 0. The lowest BCUT2D eigenvalue weighted by atomic mass is 10.4. The second kappa shape index (κ2) is 8.16. The highest BCUT2D eigenvalue weighted by molar-refractivity contribution is 8.23. The second-order valence-corrected chi connectivity index (χ2v) is 8.20. The number of aromatic nitrogens is 2. The van der Waals surface area contributed by atoms with Gasteiger partial charge in [0, 0.05) is 13.1 Å². The first-order valence-electron chi connectivity index (χ1n) is 6.37. The van der Waals surface area contributed by atoms with Gasteiger partial charge >= 0.3 is 0 Å². The molecule has 0 unspecified atom stereocenters. The number of amides is 1. The molecular formula is C11H16N4OS4. The Kier molecular flexibility index (Phi) is 6.53. The van der Waals surface area contributed by atoms with E-state index in [-0.39, 0.29) is 5.91 Å². The van der Waals surface area contributed by atoms with Crippen molar-refractivity contribution in [3.8, 4) is 0 Å². The zero-order valence-corrected chi connectivity index (χ0v) is 14.4. The van der Waals surface area contributed by atoms with E-state index in [2.05, 4.69) is 27.3 Å². The highest BCUT2D eigenvalue weighted by Crippen LogP contribution is 2.25. The van der Waals surface area contributed by atoms with Gasteiger partial charge in [0.25, 0.3) is 0 Å². The number of likely N-dealkylation sites (tertiary alicyclic amines) is 1. The lowest BCUT2D eigenvalue weighted by molar-refractivity contribution is -0.113. The van der Waals surface area contributed by atoms with Crippen molar-refractivity contribution >= 4 is 62.4 Å². The molecule has 1 aromatic heterocycles. The molecule has 1 N–H and O–H groups in total. The summed E-state index contributed by atoms with van der Waals surface area (Å²) in [5.74, 6) is 1.19. The van der Waals surface area contributed by atoms with E-state index in [4.69, 9.17) is 12.2 Å². The molecule has 0 bridgehead atoms. The van der Waals surface area contributed by atoms with Gasteiger partial charge in [0.15, 0.2) is 4.34 Å². The van der Waals surface area contributed by atoms with E-state index in [0.717, 1.165) is 27.5 Å². The average Bonchev–Trinajstić information content (AvgIpc) is 3.08. The van der Waals surface area contributed by atoms with Gasteiger partial charge < -0.3 is 4.90 Å². The van der Waals surface area contributed by atoms with Crippen LogP contribution >= 0.6 is 47.1 Å². The van der Waals surface area contributed by atoms with Gasteiger partial charge in [0.2, 0.25) is 11.0 Å². The molecule has 0 atom stereocenters. The van der Waals surface area contributed by atoms with E-state index >= 15 is 0 Å². The third kappa shape index (κ3) is 4.87. The number of hydrogen-bond acceptors (Lipinski definition) is 7. The minimum absolute atomic E-state index is 0.0826. The molecule has 1 aliphatic heterocycles. The summed E-state index contributed by atoms with van der Waals surface area (Å²) in [6.45, 7) is 4.09. The molecule has 1 aromatic rings. The molecule has 0 aliphatic carbocycles. The molecule has 20 heavy (non-hydrogen) atoms. The average molecular weight is 349 g/mol. The van der Waals surface area contributed by atoms with Crippen LogP contribution in [0.5, 0.6) is 0 Å². The fraction of sp³-hybridized carbons (Fsp3) is 0.636. The summed E-state index contributed by atoms with van der Waals surface area (Å²) < 4.78 is 1.69. The lowest BCUT2D eigenvalue weighted by Gasteiger charge is -2.16. The number of thioether (sulfide) groups is 2. The van der Waals surface area contributed by atoms with Crippen molar-refractivity contribution in [2.24, 2.45) is 0 Å². The summed E-state index contributed by atoms with van der Waals surface area (Å²) >= 11 is 9.75. The molecule has 0 spiro atoms. The number of hydrogen-bond donors (Lipinski definition) is 1. The minimum Gasteiger partial charge on any atom is -0.358 e. The van der Waals surface area contributed by atoms with Crippen LogP contribution in [-0.2, 0) is 4.79 Å². The Hall–Kier alpha value is -0.380. The quantitative estimate of drug-likeness (QED) is 0.499. The topological polar surface area (TPSA) is 58.1 Å². The van der Waals surface area contributed by atoms with Crippen LogP contribution in [0.2, 0.25) is 0 Å². The molecule has 0 radical (unpaired) electrons. The predicted molar refractivity (Wildman–Crippen MR) is 90.8 cm³/mol. The van der Waals surface area contributed by atoms with Crippen LogP contribution in [0.4, 0.5) is 5.13 Å². The molecule has 110 valence electrons. The Morgan fingerprint density at radius 1 is 1.45 bits per heavy atom. The van der Waals surface area contributed by atoms with Crippen LogP contribution in [0.3, 0.4) is 0 Å². The van der Waals surface area contributed by atoms with Crippen molar-refractivity contribution < 1.29 is 4.79 Å². The summed E-state index contributed by atoms with van der Waals surface area (Å²) in [5.41, 5.74) is 0. The Bertz CT molecular complexity index is 473. The fourth-order valence-electron chi connectivity index (χ4n) is 1.72. The third-order valence-electron chi connectivity index (χ3n) is 2.61. The van der Waals surface area contributed by atoms with E-state index in [1.54, 1.807) is 11.8 Å². The van der Waals surface area contributed by atoms with Gasteiger partial charge in [-0.15, -0.1) is 10.2 Å². The van der Waals surface area contributed by atoms with Crippen LogP contribution in [0, 0.1) is 0 Å². The molecule has 0 saturated carbocycles. The summed E-state index contributed by atoms with van der Waals surface area (Å²) in [6, 6.07) is 0. The Morgan fingerprint density at radius 3 is 2.90 bits per heavy atom. The number of rotatable bonds is 5. The van der Waals surface area contributed by atoms with Gasteiger partial charge in [0.1, 0.15) is 4.32 Å². The first-order valence-corrected chi connectivity index (χ1v) is 9.56.